The van der Waals surface area contributed by atoms with E-state index >= 15 is 0 Å². The Kier molecular flexibility index (Phi) is 6.97. The van der Waals surface area contributed by atoms with Crippen molar-refractivity contribution in [2.45, 2.75) is 6.04 Å². The van der Waals surface area contributed by atoms with Gasteiger partial charge in [-0.25, -0.2) is 4.39 Å². The quantitative estimate of drug-likeness (QED) is 0.597. The number of piperazine rings is 1. The second kappa shape index (κ2) is 10.2. The number of pyridine rings is 1. The van der Waals surface area contributed by atoms with Crippen LogP contribution in [0.3, 0.4) is 0 Å². The highest BCUT2D eigenvalue weighted by Crippen LogP contribution is 2.19. The van der Waals surface area contributed by atoms with E-state index in [1.807, 2.05) is 36.5 Å². The maximum atomic E-state index is 14.2. The fourth-order valence-corrected chi connectivity index (χ4v) is 4.23. The molecule has 2 heterocycles. The van der Waals surface area contributed by atoms with Gasteiger partial charge in [0.25, 0.3) is 5.91 Å². The van der Waals surface area contributed by atoms with Crippen LogP contribution >= 0.6 is 0 Å². The molecule has 1 saturated heterocycles. The standard InChI is InChI=1S/C25H27FN4O2/c1-32-21-8-4-6-19(16-21)25(31)28-18-24(20-7-5-11-27-17-20)30-14-12-29(13-15-30)23-10-3-2-9-22(23)26/h2-11,16-17,24H,12-15,18H2,1H3,(H,28,31)/p+1. The number of hydrogen-bond donors (Lipinski definition) is 2. The molecule has 32 heavy (non-hydrogen) atoms. The van der Waals surface area contributed by atoms with Crippen molar-refractivity contribution in [3.8, 4) is 5.75 Å². The molecule has 1 aliphatic rings. The van der Waals surface area contributed by atoms with Crippen LogP contribution in [0.1, 0.15) is 22.0 Å². The normalized spacial score (nSPS) is 15.2. The Hall–Kier alpha value is -3.45. The smallest absolute Gasteiger partial charge is 0.251 e. The summed E-state index contributed by atoms with van der Waals surface area (Å²) in [4.78, 5) is 20.5. The first-order chi connectivity index (χ1) is 15.7. The van der Waals surface area contributed by atoms with Crippen molar-refractivity contribution >= 4 is 11.6 Å². The first-order valence-electron chi connectivity index (χ1n) is 10.8. The highest BCUT2D eigenvalue weighted by atomic mass is 19.1. The van der Waals surface area contributed by atoms with Crippen LogP contribution in [0.4, 0.5) is 10.1 Å². The topological polar surface area (TPSA) is 58.9 Å². The van der Waals surface area contributed by atoms with Crippen molar-refractivity contribution < 1.29 is 18.8 Å². The Bertz CT molecular complexity index is 1040. The van der Waals surface area contributed by atoms with E-state index < -0.39 is 0 Å². The number of aromatic nitrogens is 1. The van der Waals surface area contributed by atoms with E-state index in [9.17, 15) is 9.18 Å². The van der Waals surface area contributed by atoms with E-state index in [4.69, 9.17) is 4.74 Å². The molecule has 1 amide bonds. The number of quaternary nitrogens is 1. The molecule has 1 unspecified atom stereocenters. The molecule has 166 valence electrons. The maximum Gasteiger partial charge on any atom is 0.251 e. The van der Waals surface area contributed by atoms with Crippen LogP contribution in [0.25, 0.3) is 0 Å². The number of amides is 1. The number of para-hydroxylation sites is 1. The summed E-state index contributed by atoms with van der Waals surface area (Å²) in [7, 11) is 1.58. The highest BCUT2D eigenvalue weighted by molar-refractivity contribution is 5.94. The van der Waals surface area contributed by atoms with Crippen LogP contribution in [0.15, 0.2) is 73.1 Å². The van der Waals surface area contributed by atoms with Gasteiger partial charge in [0.15, 0.2) is 0 Å². The SMILES string of the molecule is COc1cccc(C(=O)NCC(c2cccnc2)[NH+]2CCN(c3ccccc3F)CC2)c1. The van der Waals surface area contributed by atoms with E-state index in [0.29, 0.717) is 23.5 Å². The molecule has 7 heteroatoms. The van der Waals surface area contributed by atoms with Gasteiger partial charge >= 0.3 is 0 Å². The lowest BCUT2D eigenvalue weighted by molar-refractivity contribution is -0.931. The molecule has 2 aromatic carbocycles. The molecule has 4 rings (SSSR count). The summed E-state index contributed by atoms with van der Waals surface area (Å²) in [5.74, 6) is 0.323. The van der Waals surface area contributed by atoms with Crippen molar-refractivity contribution in [2.24, 2.45) is 0 Å². The van der Waals surface area contributed by atoms with Crippen LogP contribution in [0.2, 0.25) is 0 Å². The number of halogens is 1. The lowest BCUT2D eigenvalue weighted by atomic mass is 10.1. The number of benzene rings is 2. The van der Waals surface area contributed by atoms with Gasteiger partial charge in [0, 0.05) is 23.5 Å². The van der Waals surface area contributed by atoms with E-state index in [2.05, 4.69) is 15.2 Å². The fraction of sp³-hybridized carbons (Fsp3) is 0.280. The number of rotatable bonds is 7. The largest absolute Gasteiger partial charge is 0.497 e. The maximum absolute atomic E-state index is 14.2. The number of hydrogen-bond acceptors (Lipinski definition) is 4. The summed E-state index contributed by atoms with van der Waals surface area (Å²) in [5, 5.41) is 3.08. The van der Waals surface area contributed by atoms with Gasteiger partial charge in [0.1, 0.15) is 17.6 Å². The summed E-state index contributed by atoms with van der Waals surface area (Å²) in [5.41, 5.74) is 2.29. The van der Waals surface area contributed by atoms with E-state index in [1.165, 1.54) is 11.0 Å². The van der Waals surface area contributed by atoms with E-state index in [1.54, 1.807) is 37.6 Å². The third-order valence-electron chi connectivity index (χ3n) is 5.98. The number of nitrogens with zero attached hydrogens (tertiary/aromatic N) is 2. The van der Waals surface area contributed by atoms with Gasteiger partial charge in [-0.15, -0.1) is 0 Å². The molecule has 0 spiro atoms. The molecule has 0 saturated carbocycles. The number of methoxy groups -OCH3 is 1. The van der Waals surface area contributed by atoms with E-state index in [-0.39, 0.29) is 17.8 Å². The molecule has 3 aromatic rings. The van der Waals surface area contributed by atoms with Gasteiger partial charge < -0.3 is 19.9 Å². The highest BCUT2D eigenvalue weighted by Gasteiger charge is 2.30. The van der Waals surface area contributed by atoms with Crippen LogP contribution in [-0.4, -0.2) is 50.7 Å². The van der Waals surface area contributed by atoms with Gasteiger partial charge in [0.05, 0.1) is 45.5 Å². The third kappa shape index (κ3) is 5.06. The number of nitrogens with one attached hydrogen (secondary N) is 2. The lowest BCUT2D eigenvalue weighted by Gasteiger charge is -2.37. The Morgan fingerprint density at radius 3 is 2.69 bits per heavy atom. The van der Waals surface area contributed by atoms with Crippen LogP contribution in [0.5, 0.6) is 5.75 Å². The van der Waals surface area contributed by atoms with E-state index in [0.717, 1.165) is 31.7 Å². The Morgan fingerprint density at radius 1 is 1.16 bits per heavy atom. The molecule has 6 nitrogen and oxygen atoms in total. The van der Waals surface area contributed by atoms with Gasteiger partial charge in [-0.3, -0.25) is 9.78 Å². The molecule has 1 atom stereocenters. The number of ether oxygens (including phenoxy) is 1. The molecule has 1 aliphatic heterocycles. The minimum atomic E-state index is -0.190. The van der Waals surface area contributed by atoms with Crippen molar-refractivity contribution in [3.05, 3.63) is 90.0 Å². The monoisotopic (exact) mass is 435 g/mol. The van der Waals surface area contributed by atoms with Crippen LogP contribution in [-0.2, 0) is 0 Å². The lowest BCUT2D eigenvalue weighted by Crippen LogP contribution is -3.15. The molecule has 0 radical (unpaired) electrons. The van der Waals surface area contributed by atoms with Crippen molar-refractivity contribution in [3.63, 3.8) is 0 Å². The average Bonchev–Trinajstić information content (AvgIpc) is 2.85. The molecular formula is C25H28FN4O2+. The van der Waals surface area contributed by atoms with Crippen molar-refractivity contribution in [2.75, 3.05) is 44.7 Å². The summed E-state index contributed by atoms with van der Waals surface area (Å²) >= 11 is 0. The van der Waals surface area contributed by atoms with Crippen molar-refractivity contribution in [1.82, 2.24) is 10.3 Å². The molecule has 0 bridgehead atoms. The van der Waals surface area contributed by atoms with Crippen LogP contribution in [0, 0.1) is 5.82 Å². The Morgan fingerprint density at radius 2 is 1.97 bits per heavy atom. The summed E-state index contributed by atoms with van der Waals surface area (Å²) in [6, 6.07) is 18.1. The number of carbonyl (C=O) groups is 1. The summed E-state index contributed by atoms with van der Waals surface area (Å²) < 4.78 is 19.4. The first kappa shape index (κ1) is 21.8. The zero-order valence-corrected chi connectivity index (χ0v) is 18.1. The molecule has 2 N–H and O–H groups in total. The molecule has 1 fully saturated rings. The van der Waals surface area contributed by atoms with Gasteiger partial charge in [0.2, 0.25) is 0 Å². The minimum Gasteiger partial charge on any atom is -0.497 e. The second-order valence-corrected chi connectivity index (χ2v) is 7.88. The third-order valence-corrected chi connectivity index (χ3v) is 5.98. The summed E-state index contributed by atoms with van der Waals surface area (Å²) in [6.45, 7) is 3.65. The van der Waals surface area contributed by atoms with Crippen molar-refractivity contribution in [1.29, 1.82) is 0 Å². The zero-order chi connectivity index (χ0) is 22.3. The number of anilines is 1. The Labute approximate surface area is 187 Å². The van der Waals surface area contributed by atoms with Gasteiger partial charge in [-0.05, 0) is 42.5 Å². The molecule has 0 aliphatic carbocycles. The van der Waals surface area contributed by atoms with Gasteiger partial charge in [-0.2, -0.15) is 0 Å². The fourth-order valence-electron chi connectivity index (χ4n) is 4.23. The predicted molar refractivity (Wildman–Crippen MR) is 122 cm³/mol. The second-order valence-electron chi connectivity index (χ2n) is 7.88. The predicted octanol–water partition coefficient (Wildman–Crippen LogP) is 2.11. The average molecular weight is 436 g/mol. The number of carbonyl (C=O) groups excluding carboxylic acids is 1. The summed E-state index contributed by atoms with van der Waals surface area (Å²) in [6.07, 6.45) is 3.61. The molecule has 1 aromatic heterocycles. The van der Waals surface area contributed by atoms with Crippen LogP contribution < -0.4 is 19.9 Å². The molecular weight excluding hydrogens is 407 g/mol. The first-order valence-corrected chi connectivity index (χ1v) is 10.8. The Balaban J connectivity index is 1.45. The van der Waals surface area contributed by atoms with Gasteiger partial charge in [-0.1, -0.05) is 18.2 Å². The minimum absolute atomic E-state index is 0.0565. The zero-order valence-electron chi connectivity index (χ0n) is 18.1.